The van der Waals surface area contributed by atoms with Gasteiger partial charge in [0.15, 0.2) is 0 Å². The zero-order valence-electron chi connectivity index (χ0n) is 11.0. The van der Waals surface area contributed by atoms with Crippen LogP contribution < -0.4 is 0 Å². The third-order valence-electron chi connectivity index (χ3n) is 3.20. The summed E-state index contributed by atoms with van der Waals surface area (Å²) >= 11 is 0. The van der Waals surface area contributed by atoms with Gasteiger partial charge in [0.1, 0.15) is 6.10 Å². The molecule has 2 N–H and O–H groups in total. The minimum atomic E-state index is -0.590. The minimum Gasteiger partial charge on any atom is -0.385 e. The van der Waals surface area contributed by atoms with Gasteiger partial charge in [0.25, 0.3) is 0 Å². The highest BCUT2D eigenvalue weighted by molar-refractivity contribution is 5.14. The van der Waals surface area contributed by atoms with Crippen molar-refractivity contribution >= 4 is 0 Å². The lowest BCUT2D eigenvalue weighted by Crippen LogP contribution is -2.00. The third kappa shape index (κ3) is 4.79. The van der Waals surface area contributed by atoms with Crippen molar-refractivity contribution in [2.24, 2.45) is 0 Å². The summed E-state index contributed by atoms with van der Waals surface area (Å²) in [5.41, 5.74) is 1.40. The molecule has 0 amide bonds. The number of tetrazole rings is 1. The summed E-state index contributed by atoms with van der Waals surface area (Å²) in [6.45, 7) is 0. The molecule has 0 saturated carbocycles. The van der Waals surface area contributed by atoms with E-state index in [1.807, 2.05) is 6.07 Å². The molecule has 1 atom stereocenters. The van der Waals surface area contributed by atoms with Crippen LogP contribution in [0, 0.1) is 0 Å². The Morgan fingerprint density at radius 2 is 1.84 bits per heavy atom. The number of nitrogens with one attached hydrogen (secondary N) is 1. The topological polar surface area (TPSA) is 74.7 Å². The summed E-state index contributed by atoms with van der Waals surface area (Å²) in [5, 5.41) is 23.1. The number of aromatic amines is 1. The normalized spacial score (nSPS) is 12.5. The van der Waals surface area contributed by atoms with Crippen LogP contribution in [-0.4, -0.2) is 25.7 Å². The van der Waals surface area contributed by atoms with Gasteiger partial charge in [0, 0.05) is 0 Å². The molecule has 102 valence electrons. The third-order valence-corrected chi connectivity index (χ3v) is 3.20. The Morgan fingerprint density at radius 3 is 2.58 bits per heavy atom. The van der Waals surface area contributed by atoms with E-state index in [0.29, 0.717) is 12.2 Å². The molecule has 1 aromatic carbocycles. The first-order valence-electron chi connectivity index (χ1n) is 6.81. The van der Waals surface area contributed by atoms with Crippen molar-refractivity contribution in [2.45, 2.75) is 44.6 Å². The smallest absolute Gasteiger partial charge is 0.202 e. The van der Waals surface area contributed by atoms with E-state index in [2.05, 4.69) is 44.9 Å². The molecule has 1 unspecified atom stereocenters. The van der Waals surface area contributed by atoms with Crippen molar-refractivity contribution in [3.05, 3.63) is 41.7 Å². The Labute approximate surface area is 113 Å². The molecule has 0 aliphatic heterocycles. The summed E-state index contributed by atoms with van der Waals surface area (Å²) < 4.78 is 0. The first-order valence-corrected chi connectivity index (χ1v) is 6.81. The number of aromatic nitrogens is 4. The highest BCUT2D eigenvalue weighted by atomic mass is 16.3. The lowest BCUT2D eigenvalue weighted by Gasteiger charge is -2.05. The quantitative estimate of drug-likeness (QED) is 0.715. The predicted octanol–water partition coefficient (Wildman–Crippen LogP) is 2.43. The van der Waals surface area contributed by atoms with Gasteiger partial charge in [0.05, 0.1) is 0 Å². The van der Waals surface area contributed by atoms with Gasteiger partial charge in [-0.3, -0.25) is 0 Å². The van der Waals surface area contributed by atoms with Gasteiger partial charge in [-0.25, -0.2) is 0 Å². The second-order valence-electron chi connectivity index (χ2n) is 4.72. The summed E-state index contributed by atoms with van der Waals surface area (Å²) in [7, 11) is 0. The maximum Gasteiger partial charge on any atom is 0.202 e. The Morgan fingerprint density at radius 1 is 1.05 bits per heavy atom. The van der Waals surface area contributed by atoms with Gasteiger partial charge in [-0.1, -0.05) is 54.8 Å². The Hall–Kier alpha value is -1.75. The molecule has 0 spiro atoms. The molecule has 5 nitrogen and oxygen atoms in total. The summed E-state index contributed by atoms with van der Waals surface area (Å²) in [6, 6.07) is 10.5. The number of hydrogen-bond acceptors (Lipinski definition) is 4. The van der Waals surface area contributed by atoms with Crippen molar-refractivity contribution < 1.29 is 5.11 Å². The number of unbranched alkanes of at least 4 members (excludes halogenated alkanes) is 3. The molecule has 1 aromatic heterocycles. The van der Waals surface area contributed by atoms with Crippen LogP contribution in [0.1, 0.15) is 49.6 Å². The number of aliphatic hydroxyl groups is 1. The first-order chi connectivity index (χ1) is 9.36. The minimum absolute atomic E-state index is 0.393. The van der Waals surface area contributed by atoms with Crippen LogP contribution in [-0.2, 0) is 6.42 Å². The van der Waals surface area contributed by atoms with Gasteiger partial charge in [-0.05, 0) is 24.8 Å². The molecule has 0 aliphatic rings. The fraction of sp³-hybridized carbons (Fsp3) is 0.500. The van der Waals surface area contributed by atoms with Crippen LogP contribution in [0.5, 0.6) is 0 Å². The maximum absolute atomic E-state index is 9.76. The molecule has 0 radical (unpaired) electrons. The van der Waals surface area contributed by atoms with Crippen molar-refractivity contribution in [1.29, 1.82) is 0 Å². The molecular weight excluding hydrogens is 240 g/mol. The van der Waals surface area contributed by atoms with E-state index in [1.165, 1.54) is 18.4 Å². The fourth-order valence-corrected chi connectivity index (χ4v) is 2.10. The predicted molar refractivity (Wildman–Crippen MR) is 72.4 cm³/mol. The molecule has 2 rings (SSSR count). The maximum atomic E-state index is 9.76. The zero-order chi connectivity index (χ0) is 13.3. The molecule has 0 fully saturated rings. The Bertz CT molecular complexity index is 444. The SMILES string of the molecule is OC(CCCCCCc1ccccc1)c1nn[nH]n1. The van der Waals surface area contributed by atoms with E-state index in [4.69, 9.17) is 0 Å². The van der Waals surface area contributed by atoms with Crippen LogP contribution in [0.25, 0.3) is 0 Å². The number of hydrogen-bond donors (Lipinski definition) is 2. The fourth-order valence-electron chi connectivity index (χ4n) is 2.10. The number of H-pyrrole nitrogens is 1. The lowest BCUT2D eigenvalue weighted by molar-refractivity contribution is 0.153. The van der Waals surface area contributed by atoms with E-state index in [-0.39, 0.29) is 0 Å². The second-order valence-corrected chi connectivity index (χ2v) is 4.72. The number of aryl methyl sites for hydroxylation is 1. The molecule has 0 aliphatic carbocycles. The van der Waals surface area contributed by atoms with Gasteiger partial charge in [0.2, 0.25) is 5.82 Å². The molecule has 1 heterocycles. The van der Waals surface area contributed by atoms with E-state index in [0.717, 1.165) is 19.3 Å². The standard InChI is InChI=1S/C14H20N4O/c19-13(14-15-17-18-16-14)11-7-2-1-4-8-12-9-5-3-6-10-12/h3,5-6,9-10,13,19H,1-2,4,7-8,11H2,(H,15,16,17,18). The number of benzene rings is 1. The summed E-state index contributed by atoms with van der Waals surface area (Å²) in [4.78, 5) is 0. The van der Waals surface area contributed by atoms with Crippen molar-refractivity contribution in [2.75, 3.05) is 0 Å². The van der Waals surface area contributed by atoms with E-state index < -0.39 is 6.10 Å². The van der Waals surface area contributed by atoms with Crippen molar-refractivity contribution in [3.8, 4) is 0 Å². The number of nitrogens with zero attached hydrogens (tertiary/aromatic N) is 3. The number of aliphatic hydroxyl groups excluding tert-OH is 1. The molecule has 0 saturated heterocycles. The van der Waals surface area contributed by atoms with Crippen LogP contribution in [0.4, 0.5) is 0 Å². The van der Waals surface area contributed by atoms with Crippen molar-refractivity contribution in [1.82, 2.24) is 20.6 Å². The monoisotopic (exact) mass is 260 g/mol. The molecular formula is C14H20N4O. The van der Waals surface area contributed by atoms with E-state index in [9.17, 15) is 5.11 Å². The first kappa shape index (κ1) is 13.7. The molecule has 0 bridgehead atoms. The highest BCUT2D eigenvalue weighted by Crippen LogP contribution is 2.16. The lowest BCUT2D eigenvalue weighted by atomic mass is 10.0. The van der Waals surface area contributed by atoms with Crippen LogP contribution in [0.2, 0.25) is 0 Å². The van der Waals surface area contributed by atoms with Gasteiger partial charge < -0.3 is 5.11 Å². The molecule has 5 heteroatoms. The average Bonchev–Trinajstić information content (AvgIpc) is 2.98. The molecule has 19 heavy (non-hydrogen) atoms. The largest absolute Gasteiger partial charge is 0.385 e. The van der Waals surface area contributed by atoms with Crippen LogP contribution >= 0.6 is 0 Å². The zero-order valence-corrected chi connectivity index (χ0v) is 11.0. The Kier molecular flexibility index (Phi) is 5.49. The van der Waals surface area contributed by atoms with Gasteiger partial charge in [-0.15, -0.1) is 10.2 Å². The summed E-state index contributed by atoms with van der Waals surface area (Å²) in [5.74, 6) is 0.393. The molecule has 2 aromatic rings. The van der Waals surface area contributed by atoms with Crippen LogP contribution in [0.15, 0.2) is 30.3 Å². The highest BCUT2D eigenvalue weighted by Gasteiger charge is 2.11. The van der Waals surface area contributed by atoms with E-state index in [1.54, 1.807) is 0 Å². The average molecular weight is 260 g/mol. The van der Waals surface area contributed by atoms with Gasteiger partial charge in [-0.2, -0.15) is 5.21 Å². The van der Waals surface area contributed by atoms with Gasteiger partial charge >= 0.3 is 0 Å². The number of rotatable bonds is 8. The second kappa shape index (κ2) is 7.63. The summed E-state index contributed by atoms with van der Waals surface area (Å²) in [6.07, 6.45) is 5.74. The Balaban J connectivity index is 1.53. The van der Waals surface area contributed by atoms with E-state index >= 15 is 0 Å². The van der Waals surface area contributed by atoms with Crippen LogP contribution in [0.3, 0.4) is 0 Å². The van der Waals surface area contributed by atoms with Crippen molar-refractivity contribution in [3.63, 3.8) is 0 Å².